The van der Waals surface area contributed by atoms with Gasteiger partial charge in [-0.25, -0.2) is 8.78 Å². The maximum Gasteiger partial charge on any atom is 0.141 e. The van der Waals surface area contributed by atoms with Crippen LogP contribution in [0.25, 0.3) is 0 Å². The molecule has 0 spiro atoms. The highest BCUT2D eigenvalue weighted by molar-refractivity contribution is 6.31. The first-order valence-corrected chi connectivity index (χ1v) is 6.05. The molecule has 0 aliphatic heterocycles. The molecule has 2 rings (SSSR count). The minimum absolute atomic E-state index is 0.0445. The van der Waals surface area contributed by atoms with Crippen molar-refractivity contribution in [2.75, 3.05) is 0 Å². The standard InChI is InChI=1S/C14H12ClF2NO/c1-14(19,13-6-5-9(16)8-18-13)7-10-11(15)3-2-4-12(10)17/h2-6,8,19H,7H2,1H3. The molecule has 1 heterocycles. The second-order valence-electron chi connectivity index (χ2n) is 4.51. The number of nitrogens with zero attached hydrogens (tertiary/aromatic N) is 1. The molecule has 0 amide bonds. The highest BCUT2D eigenvalue weighted by Crippen LogP contribution is 2.29. The Morgan fingerprint density at radius 3 is 2.58 bits per heavy atom. The molecule has 0 saturated heterocycles. The highest BCUT2D eigenvalue weighted by Gasteiger charge is 2.27. The summed E-state index contributed by atoms with van der Waals surface area (Å²) in [6.07, 6.45) is 0.962. The predicted molar refractivity (Wildman–Crippen MR) is 68.9 cm³/mol. The summed E-state index contributed by atoms with van der Waals surface area (Å²) in [4.78, 5) is 3.81. The average Bonchev–Trinajstić information content (AvgIpc) is 2.35. The van der Waals surface area contributed by atoms with E-state index in [1.807, 2.05) is 0 Å². The van der Waals surface area contributed by atoms with Crippen molar-refractivity contribution in [1.29, 1.82) is 0 Å². The summed E-state index contributed by atoms with van der Waals surface area (Å²) in [6, 6.07) is 6.87. The molecular weight excluding hydrogens is 272 g/mol. The molecule has 1 aromatic carbocycles. The summed E-state index contributed by atoms with van der Waals surface area (Å²) in [7, 11) is 0. The SMILES string of the molecule is CC(O)(Cc1c(F)cccc1Cl)c1ccc(F)cn1. The van der Waals surface area contributed by atoms with Crippen molar-refractivity contribution in [3.05, 3.63) is 64.4 Å². The first-order valence-electron chi connectivity index (χ1n) is 5.67. The first-order chi connectivity index (χ1) is 8.90. The number of benzene rings is 1. The lowest BCUT2D eigenvalue weighted by Crippen LogP contribution is -2.26. The summed E-state index contributed by atoms with van der Waals surface area (Å²) in [6.45, 7) is 1.48. The van der Waals surface area contributed by atoms with Gasteiger partial charge in [0.2, 0.25) is 0 Å². The van der Waals surface area contributed by atoms with Gasteiger partial charge in [0.15, 0.2) is 0 Å². The molecule has 0 radical (unpaired) electrons. The molecular formula is C14H12ClF2NO. The highest BCUT2D eigenvalue weighted by atomic mass is 35.5. The van der Waals surface area contributed by atoms with Gasteiger partial charge in [-0.3, -0.25) is 4.98 Å². The summed E-state index contributed by atoms with van der Waals surface area (Å²) in [5.41, 5.74) is -0.965. The molecule has 0 aliphatic carbocycles. The molecule has 1 unspecified atom stereocenters. The van der Waals surface area contributed by atoms with Crippen molar-refractivity contribution in [2.45, 2.75) is 18.9 Å². The molecule has 0 aliphatic rings. The zero-order valence-electron chi connectivity index (χ0n) is 10.2. The van der Waals surface area contributed by atoms with E-state index in [0.29, 0.717) is 0 Å². The van der Waals surface area contributed by atoms with Crippen LogP contribution in [0.3, 0.4) is 0 Å². The smallest absolute Gasteiger partial charge is 0.141 e. The lowest BCUT2D eigenvalue weighted by Gasteiger charge is -2.23. The fraction of sp³-hybridized carbons (Fsp3) is 0.214. The number of aromatic nitrogens is 1. The van der Waals surface area contributed by atoms with E-state index >= 15 is 0 Å². The van der Waals surface area contributed by atoms with Crippen molar-refractivity contribution in [2.24, 2.45) is 0 Å². The van der Waals surface area contributed by atoms with Gasteiger partial charge in [0.1, 0.15) is 17.2 Å². The fourth-order valence-electron chi connectivity index (χ4n) is 1.83. The van der Waals surface area contributed by atoms with Gasteiger partial charge < -0.3 is 5.11 Å². The molecule has 100 valence electrons. The van der Waals surface area contributed by atoms with Crippen LogP contribution in [-0.4, -0.2) is 10.1 Å². The lowest BCUT2D eigenvalue weighted by molar-refractivity contribution is 0.0520. The summed E-state index contributed by atoms with van der Waals surface area (Å²) in [5, 5.41) is 10.6. The molecule has 0 saturated carbocycles. The van der Waals surface area contributed by atoms with Crippen LogP contribution in [0.1, 0.15) is 18.2 Å². The largest absolute Gasteiger partial charge is 0.383 e. The van der Waals surface area contributed by atoms with Crippen molar-refractivity contribution in [1.82, 2.24) is 4.98 Å². The second-order valence-corrected chi connectivity index (χ2v) is 4.92. The van der Waals surface area contributed by atoms with E-state index in [0.717, 1.165) is 6.20 Å². The Balaban J connectivity index is 2.33. The fourth-order valence-corrected chi connectivity index (χ4v) is 2.06. The van der Waals surface area contributed by atoms with Crippen LogP contribution in [0.2, 0.25) is 5.02 Å². The lowest BCUT2D eigenvalue weighted by atomic mass is 9.92. The van der Waals surface area contributed by atoms with E-state index < -0.39 is 17.2 Å². The van der Waals surface area contributed by atoms with Crippen LogP contribution < -0.4 is 0 Å². The Kier molecular flexibility index (Phi) is 3.83. The van der Waals surface area contributed by atoms with Crippen LogP contribution in [0.15, 0.2) is 36.5 Å². The normalized spacial score (nSPS) is 14.2. The number of pyridine rings is 1. The van der Waals surface area contributed by atoms with Crippen LogP contribution in [-0.2, 0) is 12.0 Å². The van der Waals surface area contributed by atoms with Crippen LogP contribution in [0, 0.1) is 11.6 Å². The maximum atomic E-state index is 13.7. The summed E-state index contributed by atoms with van der Waals surface area (Å²) >= 11 is 5.92. The van der Waals surface area contributed by atoms with Crippen LogP contribution >= 0.6 is 11.6 Å². The third kappa shape index (κ3) is 3.08. The third-order valence-electron chi connectivity index (χ3n) is 2.86. The second kappa shape index (κ2) is 5.23. The van der Waals surface area contributed by atoms with Crippen molar-refractivity contribution < 1.29 is 13.9 Å². The first kappa shape index (κ1) is 13.9. The van der Waals surface area contributed by atoms with Gasteiger partial charge >= 0.3 is 0 Å². The molecule has 1 N–H and O–H groups in total. The topological polar surface area (TPSA) is 33.1 Å². The summed E-state index contributed by atoms with van der Waals surface area (Å²) in [5.74, 6) is -0.988. The van der Waals surface area contributed by atoms with Gasteiger partial charge in [0, 0.05) is 17.0 Å². The van der Waals surface area contributed by atoms with Gasteiger partial charge in [0.25, 0.3) is 0 Å². The zero-order chi connectivity index (χ0) is 14.0. The van der Waals surface area contributed by atoms with Gasteiger partial charge in [0.05, 0.1) is 11.9 Å². The van der Waals surface area contributed by atoms with Crippen LogP contribution in [0.5, 0.6) is 0 Å². The monoisotopic (exact) mass is 283 g/mol. The van der Waals surface area contributed by atoms with E-state index in [1.165, 1.54) is 31.2 Å². The van der Waals surface area contributed by atoms with Crippen LogP contribution in [0.4, 0.5) is 8.78 Å². The maximum absolute atomic E-state index is 13.7. The molecule has 1 atom stereocenters. The Morgan fingerprint density at radius 2 is 2.00 bits per heavy atom. The van der Waals surface area contributed by atoms with Crippen molar-refractivity contribution in [3.63, 3.8) is 0 Å². The molecule has 5 heteroatoms. The number of hydrogen-bond acceptors (Lipinski definition) is 2. The summed E-state index contributed by atoms with van der Waals surface area (Å²) < 4.78 is 26.5. The molecule has 2 aromatic rings. The minimum atomic E-state index is -1.43. The van der Waals surface area contributed by atoms with Crippen molar-refractivity contribution >= 4 is 11.6 Å². The zero-order valence-corrected chi connectivity index (χ0v) is 11.0. The van der Waals surface area contributed by atoms with Gasteiger partial charge in [-0.15, -0.1) is 0 Å². The Labute approximate surface area is 114 Å². The molecule has 1 aromatic heterocycles. The van der Waals surface area contributed by atoms with E-state index in [1.54, 1.807) is 6.07 Å². The molecule has 0 bridgehead atoms. The molecule has 19 heavy (non-hydrogen) atoms. The number of rotatable bonds is 3. The quantitative estimate of drug-likeness (QED) is 0.936. The number of hydrogen-bond donors (Lipinski definition) is 1. The van der Waals surface area contributed by atoms with E-state index in [2.05, 4.69) is 4.98 Å². The average molecular weight is 284 g/mol. The van der Waals surface area contributed by atoms with E-state index in [9.17, 15) is 13.9 Å². The number of halogens is 3. The van der Waals surface area contributed by atoms with E-state index in [4.69, 9.17) is 11.6 Å². The van der Waals surface area contributed by atoms with Gasteiger partial charge in [-0.05, 0) is 31.2 Å². The Morgan fingerprint density at radius 1 is 1.26 bits per heavy atom. The predicted octanol–water partition coefficient (Wildman–Crippen LogP) is 3.46. The Bertz CT molecular complexity index is 564. The van der Waals surface area contributed by atoms with Crippen molar-refractivity contribution in [3.8, 4) is 0 Å². The van der Waals surface area contributed by atoms with E-state index in [-0.39, 0.29) is 22.7 Å². The number of aliphatic hydroxyl groups is 1. The van der Waals surface area contributed by atoms with Gasteiger partial charge in [-0.1, -0.05) is 17.7 Å². The Hall–Kier alpha value is -1.52. The molecule has 2 nitrogen and oxygen atoms in total. The molecule has 0 fully saturated rings. The van der Waals surface area contributed by atoms with Gasteiger partial charge in [-0.2, -0.15) is 0 Å². The third-order valence-corrected chi connectivity index (χ3v) is 3.22. The minimum Gasteiger partial charge on any atom is -0.383 e.